The van der Waals surface area contributed by atoms with Crippen molar-refractivity contribution in [3.8, 4) is 11.5 Å². The predicted octanol–water partition coefficient (Wildman–Crippen LogP) is 4.82. The number of ether oxygens (including phenoxy) is 2. The van der Waals surface area contributed by atoms with E-state index >= 15 is 0 Å². The number of para-hydroxylation sites is 3. The number of hydrogen-bond acceptors (Lipinski definition) is 4. The molecule has 1 aliphatic heterocycles. The lowest BCUT2D eigenvalue weighted by Crippen LogP contribution is -2.45. The van der Waals surface area contributed by atoms with Gasteiger partial charge in [0.25, 0.3) is 0 Å². The third-order valence-electron chi connectivity index (χ3n) is 4.30. The number of nitrogens with zero attached hydrogens (tertiary/aromatic N) is 1. The highest BCUT2D eigenvalue weighted by atomic mass is 16.6. The van der Waals surface area contributed by atoms with Crippen molar-refractivity contribution in [1.82, 2.24) is 4.90 Å². The summed E-state index contributed by atoms with van der Waals surface area (Å²) in [6, 6.07) is 16.1. The zero-order valence-corrected chi connectivity index (χ0v) is 16.5. The molecule has 1 fully saturated rings. The number of nitrogens with one attached hydrogen (secondary N) is 1. The monoisotopic (exact) mass is 382 g/mol. The Labute approximate surface area is 165 Å². The Morgan fingerprint density at radius 2 is 1.71 bits per heavy atom. The van der Waals surface area contributed by atoms with Crippen molar-refractivity contribution in [3.63, 3.8) is 0 Å². The minimum atomic E-state index is -0.600. The van der Waals surface area contributed by atoms with Crippen molar-refractivity contribution in [2.45, 2.75) is 45.3 Å². The fourth-order valence-electron chi connectivity index (χ4n) is 3.07. The highest BCUT2D eigenvalue weighted by Crippen LogP contribution is 2.30. The molecule has 148 valence electrons. The second kappa shape index (κ2) is 8.33. The third-order valence-corrected chi connectivity index (χ3v) is 4.30. The second-order valence-electron chi connectivity index (χ2n) is 7.73. The van der Waals surface area contributed by atoms with Crippen LogP contribution in [0.25, 0.3) is 0 Å². The molecule has 2 aromatic rings. The van der Waals surface area contributed by atoms with Crippen LogP contribution in [0.2, 0.25) is 0 Å². The molecule has 0 aromatic heterocycles. The molecule has 1 unspecified atom stereocenters. The van der Waals surface area contributed by atoms with Crippen molar-refractivity contribution < 1.29 is 19.1 Å². The maximum Gasteiger partial charge on any atom is 0.410 e. The Morgan fingerprint density at radius 3 is 2.43 bits per heavy atom. The molecule has 1 saturated heterocycles. The molecule has 28 heavy (non-hydrogen) atoms. The second-order valence-corrected chi connectivity index (χ2v) is 7.73. The molecular weight excluding hydrogens is 356 g/mol. The number of benzene rings is 2. The summed E-state index contributed by atoms with van der Waals surface area (Å²) < 4.78 is 11.3. The van der Waals surface area contributed by atoms with Gasteiger partial charge in [-0.3, -0.25) is 9.69 Å². The number of carbonyl (C=O) groups excluding carboxylic acids is 2. The van der Waals surface area contributed by atoms with Gasteiger partial charge in [0.1, 0.15) is 17.4 Å². The number of likely N-dealkylation sites (tertiary alicyclic amines) is 1. The van der Waals surface area contributed by atoms with Crippen LogP contribution in [0.1, 0.15) is 33.6 Å². The molecule has 0 bridgehead atoms. The van der Waals surface area contributed by atoms with Crippen LogP contribution in [-0.4, -0.2) is 35.1 Å². The number of amides is 2. The molecule has 0 saturated carbocycles. The van der Waals surface area contributed by atoms with Gasteiger partial charge in [-0.15, -0.1) is 0 Å². The Morgan fingerprint density at radius 1 is 1.04 bits per heavy atom. The molecule has 1 N–H and O–H groups in total. The first-order valence-corrected chi connectivity index (χ1v) is 9.46. The van der Waals surface area contributed by atoms with E-state index in [1.54, 1.807) is 12.1 Å². The van der Waals surface area contributed by atoms with E-state index in [9.17, 15) is 9.59 Å². The number of anilines is 1. The molecule has 2 amide bonds. The van der Waals surface area contributed by atoms with Gasteiger partial charge in [-0.25, -0.2) is 4.79 Å². The van der Waals surface area contributed by atoms with E-state index in [2.05, 4.69) is 5.32 Å². The molecule has 0 radical (unpaired) electrons. The molecule has 2 aromatic carbocycles. The average molecular weight is 382 g/mol. The Bertz CT molecular complexity index is 830. The van der Waals surface area contributed by atoms with Crippen LogP contribution in [0.15, 0.2) is 54.6 Å². The smallest absolute Gasteiger partial charge is 0.410 e. The van der Waals surface area contributed by atoms with Gasteiger partial charge in [0.2, 0.25) is 5.91 Å². The van der Waals surface area contributed by atoms with E-state index in [1.165, 1.54) is 4.90 Å². The Kier molecular flexibility index (Phi) is 5.87. The molecule has 6 heteroatoms. The lowest BCUT2D eigenvalue weighted by Gasteiger charge is -2.28. The molecule has 1 aliphatic rings. The minimum absolute atomic E-state index is 0.243. The average Bonchev–Trinajstić information content (AvgIpc) is 3.13. The standard InChI is InChI=1S/C22H26N2O4/c1-22(2,3)28-21(26)24-15-9-13-18(24)20(25)23-17-12-7-8-14-19(17)27-16-10-5-4-6-11-16/h4-8,10-12,14,18H,9,13,15H2,1-3H3,(H,23,25). The van der Waals surface area contributed by atoms with Crippen molar-refractivity contribution >= 4 is 17.7 Å². The Hall–Kier alpha value is -3.02. The zero-order chi connectivity index (χ0) is 20.1. The Balaban J connectivity index is 1.71. The van der Waals surface area contributed by atoms with Gasteiger partial charge in [0.15, 0.2) is 5.75 Å². The van der Waals surface area contributed by atoms with Crippen molar-refractivity contribution in [1.29, 1.82) is 0 Å². The predicted molar refractivity (Wildman–Crippen MR) is 108 cm³/mol. The highest BCUT2D eigenvalue weighted by molar-refractivity contribution is 5.98. The van der Waals surface area contributed by atoms with Crippen LogP contribution >= 0.6 is 0 Å². The SMILES string of the molecule is CC(C)(C)OC(=O)N1CCCC1C(=O)Nc1ccccc1Oc1ccccc1. The van der Waals surface area contributed by atoms with Gasteiger partial charge in [0.05, 0.1) is 5.69 Å². The minimum Gasteiger partial charge on any atom is -0.455 e. The molecule has 3 rings (SSSR count). The van der Waals surface area contributed by atoms with E-state index in [0.29, 0.717) is 30.2 Å². The molecule has 0 aliphatic carbocycles. The van der Waals surface area contributed by atoms with Crippen LogP contribution in [0.3, 0.4) is 0 Å². The number of carbonyl (C=O) groups is 2. The number of rotatable bonds is 4. The van der Waals surface area contributed by atoms with E-state index in [0.717, 1.165) is 6.42 Å². The fourth-order valence-corrected chi connectivity index (χ4v) is 3.07. The maximum atomic E-state index is 12.9. The first-order valence-electron chi connectivity index (χ1n) is 9.46. The molecular formula is C22H26N2O4. The first-order chi connectivity index (χ1) is 13.3. The summed E-state index contributed by atoms with van der Waals surface area (Å²) in [6.45, 7) is 5.95. The van der Waals surface area contributed by atoms with Crippen LogP contribution < -0.4 is 10.1 Å². The summed E-state index contributed by atoms with van der Waals surface area (Å²) >= 11 is 0. The van der Waals surface area contributed by atoms with Gasteiger partial charge in [-0.2, -0.15) is 0 Å². The van der Waals surface area contributed by atoms with E-state index in [-0.39, 0.29) is 5.91 Å². The molecule has 0 spiro atoms. The largest absolute Gasteiger partial charge is 0.455 e. The van der Waals surface area contributed by atoms with Crippen LogP contribution in [-0.2, 0) is 9.53 Å². The van der Waals surface area contributed by atoms with Gasteiger partial charge in [0, 0.05) is 6.54 Å². The molecule has 1 atom stereocenters. The summed E-state index contributed by atoms with van der Waals surface area (Å²) in [5, 5.41) is 2.91. The van der Waals surface area contributed by atoms with E-state index in [1.807, 2.05) is 63.2 Å². The fraction of sp³-hybridized carbons (Fsp3) is 0.364. The van der Waals surface area contributed by atoms with Crippen molar-refractivity contribution in [2.75, 3.05) is 11.9 Å². The highest BCUT2D eigenvalue weighted by Gasteiger charge is 2.36. The van der Waals surface area contributed by atoms with Crippen LogP contribution in [0, 0.1) is 0 Å². The third kappa shape index (κ3) is 5.03. The van der Waals surface area contributed by atoms with E-state index < -0.39 is 17.7 Å². The summed E-state index contributed by atoms with van der Waals surface area (Å²) in [5.74, 6) is 0.983. The topological polar surface area (TPSA) is 67.9 Å². The van der Waals surface area contributed by atoms with Crippen molar-refractivity contribution in [3.05, 3.63) is 54.6 Å². The normalized spacial score (nSPS) is 16.5. The molecule has 6 nitrogen and oxygen atoms in total. The summed E-state index contributed by atoms with van der Waals surface area (Å²) in [7, 11) is 0. The van der Waals surface area contributed by atoms with Gasteiger partial charge in [-0.1, -0.05) is 30.3 Å². The van der Waals surface area contributed by atoms with Gasteiger partial charge < -0.3 is 14.8 Å². The quantitative estimate of drug-likeness (QED) is 0.823. The lowest BCUT2D eigenvalue weighted by molar-refractivity contribution is -0.120. The summed E-state index contributed by atoms with van der Waals surface area (Å²) in [6.07, 6.45) is 0.908. The summed E-state index contributed by atoms with van der Waals surface area (Å²) in [4.78, 5) is 26.8. The lowest BCUT2D eigenvalue weighted by atomic mass is 10.2. The van der Waals surface area contributed by atoms with Gasteiger partial charge in [-0.05, 0) is 57.9 Å². The van der Waals surface area contributed by atoms with Crippen LogP contribution in [0.5, 0.6) is 11.5 Å². The van der Waals surface area contributed by atoms with Crippen molar-refractivity contribution in [2.24, 2.45) is 0 Å². The summed E-state index contributed by atoms with van der Waals surface area (Å²) in [5.41, 5.74) is -0.0380. The zero-order valence-electron chi connectivity index (χ0n) is 16.5. The van der Waals surface area contributed by atoms with Gasteiger partial charge >= 0.3 is 6.09 Å². The van der Waals surface area contributed by atoms with E-state index in [4.69, 9.17) is 9.47 Å². The first kappa shape index (κ1) is 19.7. The number of hydrogen-bond donors (Lipinski definition) is 1. The van der Waals surface area contributed by atoms with Crippen LogP contribution in [0.4, 0.5) is 10.5 Å². The molecule has 1 heterocycles. The maximum absolute atomic E-state index is 12.9.